The quantitative estimate of drug-likeness (QED) is 0.0403. The summed E-state index contributed by atoms with van der Waals surface area (Å²) in [7, 11) is 0. The molecule has 101 heavy (non-hydrogen) atoms. The summed E-state index contributed by atoms with van der Waals surface area (Å²) in [5, 5.41) is 3.75. The van der Waals surface area contributed by atoms with Crippen LogP contribution in [0, 0.1) is 64.1 Å². The Bertz CT molecular complexity index is 5550. The molecule has 0 saturated carbocycles. The van der Waals surface area contributed by atoms with E-state index in [-0.39, 0.29) is 18.8 Å². The van der Waals surface area contributed by atoms with Gasteiger partial charge in [-0.1, -0.05) is 255 Å². The molecule has 0 bridgehead atoms. The van der Waals surface area contributed by atoms with Gasteiger partial charge in [0.25, 0.3) is 0 Å². The van der Waals surface area contributed by atoms with E-state index in [1.54, 1.807) is 72.8 Å². The molecule has 494 valence electrons. The molecule has 0 heterocycles. The Labute approximate surface area is 577 Å². The highest BCUT2D eigenvalue weighted by Crippen LogP contribution is 2.60. The molecule has 0 fully saturated rings. The number of fused-ring (bicyclic) bond motifs is 8. The van der Waals surface area contributed by atoms with E-state index in [4.69, 9.17) is 0 Å². The fourth-order valence-corrected chi connectivity index (χ4v) is 16.2. The van der Waals surface area contributed by atoms with E-state index in [0.29, 0.717) is 79.9 Å². The van der Waals surface area contributed by atoms with Crippen molar-refractivity contribution in [3.8, 4) is 33.4 Å². The second-order valence-electron chi connectivity index (χ2n) is 26.3. The predicted molar refractivity (Wildman–Crippen MR) is 383 cm³/mol. The van der Waals surface area contributed by atoms with Crippen LogP contribution in [0.15, 0.2) is 286 Å². The first-order valence-electron chi connectivity index (χ1n) is 33.3. The summed E-state index contributed by atoms with van der Waals surface area (Å²) in [6, 6.07) is 76.5. The molecule has 0 amide bonds. The first-order chi connectivity index (χ1) is 49.1. The van der Waals surface area contributed by atoms with Crippen LogP contribution in [0.4, 0.5) is 61.0 Å². The highest BCUT2D eigenvalue weighted by molar-refractivity contribution is 6.00. The molecule has 0 saturated heterocycles. The standard InChI is InChI=1S/C90H59F10N/c1-3-52-27-31-55(32-28-52)50-89(77-79(91)83(95)87(99)84(96)80(77)92)72-24-11-9-21-67(72)69-45-41-61(48-74(69)89)71(66-23-13-17-59-15-5-7-19-64(59)66)47-54-35-37-57(38-36-54)58-39-42-62(43-40-58)101(76-26-14-18-60-16-6-8-20-65(60)76)63-44-46-70-68-22-10-12-25-73(68)90(75(70)49-63,51-56-33-29-53(4-2)30-34-56)78-81(93)85(97)88(100)86(98)82(78)94/h3-29,31-46,48-49,53,71H,1-2,30,47,50-51H2. The third kappa shape index (κ3) is 10.4. The second-order valence-corrected chi connectivity index (χ2v) is 26.3. The lowest BCUT2D eigenvalue weighted by Gasteiger charge is -2.36. The van der Waals surface area contributed by atoms with E-state index < -0.39 is 86.0 Å². The molecular weight excluding hydrogens is 1280 g/mol. The maximum atomic E-state index is 17.0. The molecule has 1 nitrogen and oxygen atoms in total. The van der Waals surface area contributed by atoms with Gasteiger partial charge in [0.15, 0.2) is 46.5 Å². The summed E-state index contributed by atoms with van der Waals surface area (Å²) in [6.07, 6.45) is 9.77. The van der Waals surface area contributed by atoms with Gasteiger partial charge < -0.3 is 4.90 Å². The van der Waals surface area contributed by atoms with E-state index in [0.717, 1.165) is 60.6 Å². The molecule has 3 aliphatic carbocycles. The second kappa shape index (κ2) is 25.3. The van der Waals surface area contributed by atoms with Crippen LogP contribution in [0.3, 0.4) is 0 Å². The third-order valence-corrected chi connectivity index (χ3v) is 21.0. The minimum atomic E-state index is -2.24. The molecule has 0 spiro atoms. The van der Waals surface area contributed by atoms with Gasteiger partial charge in [-0.25, -0.2) is 43.9 Å². The van der Waals surface area contributed by atoms with Crippen molar-refractivity contribution in [2.45, 2.75) is 42.4 Å². The lowest BCUT2D eigenvalue weighted by molar-refractivity contribution is 0.357. The van der Waals surface area contributed by atoms with Crippen molar-refractivity contribution in [3.05, 3.63) is 405 Å². The Morgan fingerprint density at radius 3 is 1.48 bits per heavy atom. The number of rotatable bonds is 16. The third-order valence-electron chi connectivity index (χ3n) is 21.0. The van der Waals surface area contributed by atoms with Gasteiger partial charge in [0.1, 0.15) is 0 Å². The summed E-state index contributed by atoms with van der Waals surface area (Å²) in [4.78, 5) is 2.04. The molecule has 4 atom stereocenters. The monoisotopic (exact) mass is 1340 g/mol. The van der Waals surface area contributed by atoms with Crippen molar-refractivity contribution in [2.75, 3.05) is 4.90 Å². The summed E-state index contributed by atoms with van der Waals surface area (Å²) in [5.41, 5.74) is 6.54. The van der Waals surface area contributed by atoms with Gasteiger partial charge in [-0.15, -0.1) is 6.58 Å². The number of allylic oxidation sites excluding steroid dienone is 5. The number of anilines is 3. The molecular formula is C90H59F10N. The normalized spacial score (nSPS) is 16.7. The Balaban J connectivity index is 0.802. The molecule has 3 aliphatic rings. The number of nitrogens with zero attached hydrogens (tertiary/aromatic N) is 1. The van der Waals surface area contributed by atoms with Crippen LogP contribution in [0.1, 0.15) is 80.0 Å². The van der Waals surface area contributed by atoms with Crippen LogP contribution in [0.25, 0.3) is 61.0 Å². The smallest absolute Gasteiger partial charge is 0.200 e. The van der Waals surface area contributed by atoms with E-state index in [1.807, 2.05) is 187 Å². The Morgan fingerprint density at radius 1 is 0.416 bits per heavy atom. The van der Waals surface area contributed by atoms with Gasteiger partial charge in [0, 0.05) is 33.8 Å². The molecule has 0 radical (unpaired) electrons. The average Bonchev–Trinajstić information content (AvgIpc) is 1.52. The topological polar surface area (TPSA) is 3.24 Å². The van der Waals surface area contributed by atoms with Crippen molar-refractivity contribution in [3.63, 3.8) is 0 Å². The van der Waals surface area contributed by atoms with Crippen LogP contribution in [0.5, 0.6) is 0 Å². The summed E-state index contributed by atoms with van der Waals surface area (Å²) in [6.45, 7) is 7.81. The number of halogens is 10. The average molecular weight is 1340 g/mol. The van der Waals surface area contributed by atoms with E-state index in [1.165, 1.54) is 0 Å². The summed E-state index contributed by atoms with van der Waals surface area (Å²) >= 11 is 0. The Morgan fingerprint density at radius 2 is 0.891 bits per heavy atom. The number of hydrogen-bond donors (Lipinski definition) is 0. The van der Waals surface area contributed by atoms with E-state index in [2.05, 4.69) is 31.4 Å². The lowest BCUT2D eigenvalue weighted by atomic mass is 9.67. The molecule has 0 aliphatic heterocycles. The number of benzene rings is 13. The maximum absolute atomic E-state index is 17.0. The highest BCUT2D eigenvalue weighted by atomic mass is 19.2. The van der Waals surface area contributed by atoms with Crippen LogP contribution < -0.4 is 4.90 Å². The zero-order chi connectivity index (χ0) is 69.6. The molecule has 0 aromatic heterocycles. The molecule has 13 aromatic rings. The van der Waals surface area contributed by atoms with Crippen LogP contribution >= 0.6 is 0 Å². The predicted octanol–water partition coefficient (Wildman–Crippen LogP) is 24.5. The van der Waals surface area contributed by atoms with Crippen molar-refractivity contribution in [1.82, 2.24) is 0 Å². The molecule has 11 heteroatoms. The minimum absolute atomic E-state index is 0.0173. The minimum Gasteiger partial charge on any atom is -0.310 e. The molecule has 16 rings (SSSR count). The summed E-state index contributed by atoms with van der Waals surface area (Å²) < 4.78 is 162. The lowest BCUT2D eigenvalue weighted by Crippen LogP contribution is -2.34. The van der Waals surface area contributed by atoms with Gasteiger partial charge in [-0.2, -0.15) is 0 Å². The molecule has 4 unspecified atom stereocenters. The molecule has 13 aromatic carbocycles. The Kier molecular flexibility index (Phi) is 16.1. The fraction of sp³-hybridized carbons (Fsp3) is 0.0889. The van der Waals surface area contributed by atoms with E-state index in [9.17, 15) is 0 Å². The van der Waals surface area contributed by atoms with Gasteiger partial charge >= 0.3 is 0 Å². The van der Waals surface area contributed by atoms with Gasteiger partial charge in [-0.3, -0.25) is 0 Å². The number of hydrogen-bond acceptors (Lipinski definition) is 1. The largest absolute Gasteiger partial charge is 0.310 e. The maximum Gasteiger partial charge on any atom is 0.200 e. The zero-order valence-electron chi connectivity index (χ0n) is 54.1. The van der Waals surface area contributed by atoms with Crippen LogP contribution in [-0.4, -0.2) is 0 Å². The fourth-order valence-electron chi connectivity index (χ4n) is 16.2. The van der Waals surface area contributed by atoms with E-state index >= 15 is 43.9 Å². The Hall–Kier alpha value is -11.6. The van der Waals surface area contributed by atoms with Crippen molar-refractivity contribution in [1.29, 1.82) is 0 Å². The molecule has 0 N–H and O–H groups in total. The zero-order valence-corrected chi connectivity index (χ0v) is 54.1. The summed E-state index contributed by atoms with van der Waals surface area (Å²) in [5.74, 6) is -20.7. The van der Waals surface area contributed by atoms with Crippen molar-refractivity contribution in [2.24, 2.45) is 5.92 Å². The van der Waals surface area contributed by atoms with Crippen LogP contribution in [0.2, 0.25) is 0 Å². The first kappa shape index (κ1) is 64.1. The van der Waals surface area contributed by atoms with Crippen molar-refractivity contribution >= 4 is 44.7 Å². The highest BCUT2D eigenvalue weighted by Gasteiger charge is 2.52. The van der Waals surface area contributed by atoms with Gasteiger partial charge in [-0.05, 0) is 162 Å². The van der Waals surface area contributed by atoms with Crippen molar-refractivity contribution < 1.29 is 43.9 Å². The van der Waals surface area contributed by atoms with Crippen LogP contribution in [-0.2, 0) is 23.7 Å². The SMILES string of the molecule is C=Cc1ccc(CC2(c3c(F)c(F)c(F)c(F)c3F)c3ccccc3-c3ccc(C(Cc4ccc(-c5ccc(N(c6ccc7c(c6)C(CC6=CCC(C=C)C=C6)(c6c(F)c(F)c(F)c(F)c6F)c6ccccc6-7)c6cccc7ccccc67)cc5)cc4)c4cccc5ccccc45)cc32)cc1. The first-order valence-corrected chi connectivity index (χ1v) is 33.3. The van der Waals surface area contributed by atoms with Gasteiger partial charge in [0.2, 0.25) is 11.6 Å². The van der Waals surface area contributed by atoms with Gasteiger partial charge in [0.05, 0.1) is 16.5 Å².